The summed E-state index contributed by atoms with van der Waals surface area (Å²) in [6.07, 6.45) is 0. The predicted molar refractivity (Wildman–Crippen MR) is 92.7 cm³/mol. The van der Waals surface area contributed by atoms with E-state index in [9.17, 15) is 24.5 Å². The molecule has 1 heterocycles. The maximum absolute atomic E-state index is 12.1. The van der Waals surface area contributed by atoms with Crippen LogP contribution < -0.4 is 9.64 Å². The van der Waals surface area contributed by atoms with E-state index in [1.807, 2.05) is 0 Å². The van der Waals surface area contributed by atoms with Crippen molar-refractivity contribution >= 4 is 29.0 Å². The molecule has 0 spiro atoms. The van der Waals surface area contributed by atoms with Crippen molar-refractivity contribution in [2.45, 2.75) is 0 Å². The fourth-order valence-corrected chi connectivity index (χ4v) is 2.51. The van der Waals surface area contributed by atoms with Crippen LogP contribution in [0.3, 0.4) is 0 Å². The summed E-state index contributed by atoms with van der Waals surface area (Å²) in [5.74, 6) is -1.50. The summed E-state index contributed by atoms with van der Waals surface area (Å²) in [5, 5.41) is 10.9. The number of ketones is 1. The van der Waals surface area contributed by atoms with Gasteiger partial charge in [-0.25, -0.2) is 0 Å². The molecule has 2 aromatic rings. The first kappa shape index (κ1) is 18.1. The van der Waals surface area contributed by atoms with Gasteiger partial charge in [-0.1, -0.05) is 30.3 Å². The highest BCUT2D eigenvalue weighted by atomic mass is 16.6. The summed E-state index contributed by atoms with van der Waals surface area (Å²) in [6.45, 7) is -1.26. The number of hydrogen-bond acceptors (Lipinski definition) is 7. The van der Waals surface area contributed by atoms with Gasteiger partial charge in [0.15, 0.2) is 19.0 Å². The first-order chi connectivity index (χ1) is 13.0. The second-order valence-electron chi connectivity index (χ2n) is 5.63. The number of carbonyl (C=O) groups is 3. The van der Waals surface area contributed by atoms with Crippen molar-refractivity contribution in [3.63, 3.8) is 0 Å². The minimum atomic E-state index is -0.813. The molecule has 0 atom stereocenters. The first-order valence-corrected chi connectivity index (χ1v) is 7.91. The van der Waals surface area contributed by atoms with Crippen LogP contribution in [0.5, 0.6) is 5.75 Å². The van der Waals surface area contributed by atoms with E-state index in [2.05, 4.69) is 0 Å². The maximum Gasteiger partial charge on any atom is 0.326 e. The number of rotatable bonds is 6. The average molecular weight is 370 g/mol. The smallest absolute Gasteiger partial charge is 0.326 e. The van der Waals surface area contributed by atoms with Crippen molar-refractivity contribution in [1.29, 1.82) is 0 Å². The number of benzene rings is 2. The Morgan fingerprint density at radius 1 is 1.19 bits per heavy atom. The molecule has 0 radical (unpaired) electrons. The Bertz CT molecular complexity index is 911. The molecule has 3 rings (SSSR count). The van der Waals surface area contributed by atoms with Crippen molar-refractivity contribution < 1.29 is 28.8 Å². The van der Waals surface area contributed by atoms with Crippen LogP contribution in [0.4, 0.5) is 11.4 Å². The van der Waals surface area contributed by atoms with Crippen molar-refractivity contribution in [2.75, 3.05) is 24.7 Å². The number of carbonyl (C=O) groups excluding carboxylic acids is 3. The van der Waals surface area contributed by atoms with Crippen LogP contribution in [0.2, 0.25) is 0 Å². The van der Waals surface area contributed by atoms with Gasteiger partial charge >= 0.3 is 5.97 Å². The molecule has 1 aliphatic heterocycles. The standard InChI is InChI=1S/C18H14N2O7/c21-15(12-4-2-1-3-5-12)10-27-18(23)9-19-14-8-13(20(24)25)6-7-16(14)26-11-17(19)22/h1-8H,9-11H2. The molecule has 0 saturated carbocycles. The summed E-state index contributed by atoms with van der Waals surface area (Å²) in [6, 6.07) is 12.1. The Balaban J connectivity index is 1.69. The Morgan fingerprint density at radius 3 is 2.63 bits per heavy atom. The van der Waals surface area contributed by atoms with E-state index in [1.54, 1.807) is 30.3 Å². The minimum absolute atomic E-state index is 0.104. The number of esters is 1. The van der Waals surface area contributed by atoms with Gasteiger partial charge in [0.2, 0.25) is 0 Å². The summed E-state index contributed by atoms with van der Waals surface area (Å²) < 4.78 is 10.2. The number of amides is 1. The lowest BCUT2D eigenvalue weighted by Gasteiger charge is -2.28. The van der Waals surface area contributed by atoms with Gasteiger partial charge in [0.1, 0.15) is 12.3 Å². The van der Waals surface area contributed by atoms with Crippen LogP contribution in [0.1, 0.15) is 10.4 Å². The highest BCUT2D eigenvalue weighted by molar-refractivity contribution is 6.02. The number of nitro groups is 1. The third-order valence-electron chi connectivity index (χ3n) is 3.84. The molecule has 9 nitrogen and oxygen atoms in total. The Kier molecular flexibility index (Phi) is 5.11. The highest BCUT2D eigenvalue weighted by Gasteiger charge is 2.29. The zero-order valence-corrected chi connectivity index (χ0v) is 14.0. The van der Waals surface area contributed by atoms with Crippen molar-refractivity contribution in [1.82, 2.24) is 0 Å². The monoisotopic (exact) mass is 370 g/mol. The Hall–Kier alpha value is -3.75. The second kappa shape index (κ2) is 7.65. The molecule has 0 unspecified atom stereocenters. The van der Waals surface area contributed by atoms with Crippen LogP contribution >= 0.6 is 0 Å². The fraction of sp³-hybridized carbons (Fsp3) is 0.167. The molecule has 27 heavy (non-hydrogen) atoms. The van der Waals surface area contributed by atoms with E-state index in [0.717, 1.165) is 11.0 Å². The van der Waals surface area contributed by atoms with Gasteiger partial charge in [-0.3, -0.25) is 29.4 Å². The largest absolute Gasteiger partial charge is 0.482 e. The van der Waals surface area contributed by atoms with Crippen molar-refractivity contribution in [2.24, 2.45) is 0 Å². The number of Topliss-reactive ketones (excluding diaryl/α,β-unsaturated/α-hetero) is 1. The van der Waals surface area contributed by atoms with E-state index in [1.165, 1.54) is 12.1 Å². The van der Waals surface area contributed by atoms with E-state index >= 15 is 0 Å². The normalized spacial score (nSPS) is 12.7. The van der Waals surface area contributed by atoms with E-state index in [4.69, 9.17) is 9.47 Å². The third-order valence-corrected chi connectivity index (χ3v) is 3.84. The molecule has 9 heteroatoms. The molecular formula is C18H14N2O7. The average Bonchev–Trinajstić information content (AvgIpc) is 2.68. The molecule has 138 valence electrons. The van der Waals surface area contributed by atoms with Gasteiger partial charge in [-0.05, 0) is 6.07 Å². The van der Waals surface area contributed by atoms with E-state index < -0.39 is 30.0 Å². The van der Waals surface area contributed by atoms with Crippen molar-refractivity contribution in [3.05, 3.63) is 64.2 Å². The lowest BCUT2D eigenvalue weighted by atomic mass is 10.1. The molecule has 2 aromatic carbocycles. The third kappa shape index (κ3) is 4.09. The molecule has 0 fully saturated rings. The molecule has 0 aromatic heterocycles. The number of non-ortho nitro benzene ring substituents is 1. The first-order valence-electron chi connectivity index (χ1n) is 7.91. The quantitative estimate of drug-likeness (QED) is 0.329. The van der Waals surface area contributed by atoms with Gasteiger partial charge in [0, 0.05) is 17.7 Å². The lowest BCUT2D eigenvalue weighted by Crippen LogP contribution is -2.42. The molecule has 0 N–H and O–H groups in total. The number of nitrogens with zero attached hydrogens (tertiary/aromatic N) is 2. The SMILES string of the molecule is O=C(CN1C(=O)COc2ccc([N+](=O)[O-])cc21)OCC(=O)c1ccccc1. The molecular weight excluding hydrogens is 356 g/mol. The molecule has 0 bridgehead atoms. The van der Waals surface area contributed by atoms with Crippen LogP contribution in [0, 0.1) is 10.1 Å². The lowest BCUT2D eigenvalue weighted by molar-refractivity contribution is -0.384. The summed E-state index contributed by atoms with van der Waals surface area (Å²) >= 11 is 0. The molecule has 0 saturated heterocycles. The van der Waals surface area contributed by atoms with Crippen LogP contribution in [-0.2, 0) is 14.3 Å². The number of anilines is 1. The Morgan fingerprint density at radius 2 is 1.93 bits per heavy atom. The maximum atomic E-state index is 12.1. The van der Waals surface area contributed by atoms with E-state index in [-0.39, 0.29) is 29.5 Å². The Labute approximate surface area is 153 Å². The van der Waals surface area contributed by atoms with Gasteiger partial charge in [-0.15, -0.1) is 0 Å². The van der Waals surface area contributed by atoms with Crippen LogP contribution in [-0.4, -0.2) is 42.3 Å². The van der Waals surface area contributed by atoms with Gasteiger partial charge < -0.3 is 9.47 Å². The van der Waals surface area contributed by atoms with Crippen molar-refractivity contribution in [3.8, 4) is 5.75 Å². The molecule has 0 aliphatic carbocycles. The van der Waals surface area contributed by atoms with Crippen LogP contribution in [0.25, 0.3) is 0 Å². The zero-order valence-electron chi connectivity index (χ0n) is 14.0. The second-order valence-corrected chi connectivity index (χ2v) is 5.63. The molecule has 1 amide bonds. The van der Waals surface area contributed by atoms with E-state index in [0.29, 0.717) is 5.56 Å². The summed E-state index contributed by atoms with van der Waals surface area (Å²) in [5.41, 5.74) is 0.255. The predicted octanol–water partition coefficient (Wildman–Crippen LogP) is 1.75. The summed E-state index contributed by atoms with van der Waals surface area (Å²) in [7, 11) is 0. The van der Waals surface area contributed by atoms with Gasteiger partial charge in [0.25, 0.3) is 11.6 Å². The number of fused-ring (bicyclic) bond motifs is 1. The van der Waals surface area contributed by atoms with Crippen LogP contribution in [0.15, 0.2) is 48.5 Å². The minimum Gasteiger partial charge on any atom is -0.482 e. The zero-order chi connectivity index (χ0) is 19.4. The topological polar surface area (TPSA) is 116 Å². The highest BCUT2D eigenvalue weighted by Crippen LogP contribution is 2.35. The number of ether oxygens (including phenoxy) is 2. The molecule has 1 aliphatic rings. The van der Waals surface area contributed by atoms with Gasteiger partial charge in [-0.2, -0.15) is 0 Å². The number of hydrogen-bond donors (Lipinski definition) is 0. The summed E-state index contributed by atoms with van der Waals surface area (Å²) in [4.78, 5) is 47.5. The number of nitro benzene ring substituents is 1. The van der Waals surface area contributed by atoms with Gasteiger partial charge in [0.05, 0.1) is 10.6 Å². The fourth-order valence-electron chi connectivity index (χ4n) is 2.51.